The van der Waals surface area contributed by atoms with Gasteiger partial charge in [-0.2, -0.15) is 4.31 Å². The Morgan fingerprint density at radius 1 is 0.815 bits per heavy atom. The average molecular weight is 385 g/mol. The summed E-state index contributed by atoms with van der Waals surface area (Å²) < 4.78 is 27.1. The summed E-state index contributed by atoms with van der Waals surface area (Å²) in [5.41, 5.74) is 1.95. The molecule has 0 saturated carbocycles. The molecule has 0 bridgehead atoms. The molecule has 0 amide bonds. The zero-order valence-corrected chi connectivity index (χ0v) is 16.2. The lowest BCUT2D eigenvalue weighted by atomic mass is 10.1. The standard InChI is InChI=1S/C20H23N3O3S/c1-27(25,26)22-13-10-21(11-14-22)12-15-23-18-8-4-2-6-16(18)20(24)17-7-3-5-9-19(17)23/h2-9H,10-15H2,1H3. The zero-order valence-electron chi connectivity index (χ0n) is 15.3. The molecule has 1 fully saturated rings. The molecule has 4 rings (SSSR count). The first kappa shape index (κ1) is 18.2. The topological polar surface area (TPSA) is 62.6 Å². The lowest BCUT2D eigenvalue weighted by molar-refractivity contribution is 0.184. The summed E-state index contributed by atoms with van der Waals surface area (Å²) in [7, 11) is -3.11. The van der Waals surface area contributed by atoms with Crippen LogP contribution in [0, 0.1) is 0 Å². The number of para-hydroxylation sites is 2. The Bertz CT molecular complexity index is 1090. The average Bonchev–Trinajstić information content (AvgIpc) is 2.68. The lowest BCUT2D eigenvalue weighted by Crippen LogP contribution is -2.48. The molecular formula is C20H23N3O3S. The SMILES string of the molecule is CS(=O)(=O)N1CCN(CCn2c3ccccc3c(=O)c3ccccc32)CC1. The van der Waals surface area contributed by atoms with E-state index in [4.69, 9.17) is 0 Å². The molecule has 1 aromatic heterocycles. The molecule has 0 atom stereocenters. The number of hydrogen-bond donors (Lipinski definition) is 0. The van der Waals surface area contributed by atoms with Crippen molar-refractivity contribution in [1.82, 2.24) is 13.8 Å². The zero-order chi connectivity index (χ0) is 19.0. The van der Waals surface area contributed by atoms with Gasteiger partial charge in [-0.05, 0) is 24.3 Å². The first-order valence-electron chi connectivity index (χ1n) is 9.13. The fraction of sp³-hybridized carbons (Fsp3) is 0.350. The third-order valence-electron chi connectivity index (χ3n) is 5.32. The van der Waals surface area contributed by atoms with E-state index in [0.29, 0.717) is 13.1 Å². The van der Waals surface area contributed by atoms with E-state index >= 15 is 0 Å². The molecule has 142 valence electrons. The molecule has 0 radical (unpaired) electrons. The maximum Gasteiger partial charge on any atom is 0.211 e. The Balaban J connectivity index is 1.62. The summed E-state index contributed by atoms with van der Waals surface area (Å²) >= 11 is 0. The van der Waals surface area contributed by atoms with Gasteiger partial charge in [0.05, 0.1) is 17.3 Å². The highest BCUT2D eigenvalue weighted by Crippen LogP contribution is 2.19. The molecular weight excluding hydrogens is 362 g/mol. The second-order valence-electron chi connectivity index (χ2n) is 7.02. The molecule has 0 spiro atoms. The summed E-state index contributed by atoms with van der Waals surface area (Å²) in [6.07, 6.45) is 1.27. The maximum atomic E-state index is 12.8. The molecule has 1 aliphatic rings. The van der Waals surface area contributed by atoms with Crippen molar-refractivity contribution in [1.29, 1.82) is 0 Å². The molecule has 0 N–H and O–H groups in total. The number of hydrogen-bond acceptors (Lipinski definition) is 4. The number of fused-ring (bicyclic) bond motifs is 2. The van der Waals surface area contributed by atoms with Crippen molar-refractivity contribution in [3.63, 3.8) is 0 Å². The molecule has 3 aromatic rings. The fourth-order valence-corrected chi connectivity index (χ4v) is 4.67. The third-order valence-corrected chi connectivity index (χ3v) is 6.62. The highest BCUT2D eigenvalue weighted by Gasteiger charge is 2.23. The second-order valence-corrected chi connectivity index (χ2v) is 9.00. The molecule has 2 aromatic carbocycles. The van der Waals surface area contributed by atoms with Gasteiger partial charge >= 0.3 is 0 Å². The number of pyridine rings is 1. The third kappa shape index (κ3) is 3.50. The summed E-state index contributed by atoms with van der Waals surface area (Å²) in [5, 5.41) is 1.47. The van der Waals surface area contributed by atoms with E-state index in [-0.39, 0.29) is 5.43 Å². The van der Waals surface area contributed by atoms with Crippen LogP contribution in [0.4, 0.5) is 0 Å². The van der Waals surface area contributed by atoms with Crippen LogP contribution in [0.3, 0.4) is 0 Å². The predicted octanol–water partition coefficient (Wildman–Crippen LogP) is 1.73. The van der Waals surface area contributed by atoms with E-state index in [1.54, 1.807) is 0 Å². The van der Waals surface area contributed by atoms with Crippen LogP contribution in [0.2, 0.25) is 0 Å². The van der Waals surface area contributed by atoms with Crippen LogP contribution in [-0.2, 0) is 16.6 Å². The van der Waals surface area contributed by atoms with Crippen molar-refractivity contribution in [3.05, 3.63) is 58.8 Å². The number of piperazine rings is 1. The smallest absolute Gasteiger partial charge is 0.211 e. The Morgan fingerprint density at radius 2 is 1.33 bits per heavy atom. The van der Waals surface area contributed by atoms with Crippen LogP contribution in [-0.4, -0.2) is 61.2 Å². The molecule has 0 unspecified atom stereocenters. The van der Waals surface area contributed by atoms with E-state index in [9.17, 15) is 13.2 Å². The van der Waals surface area contributed by atoms with E-state index in [1.165, 1.54) is 10.6 Å². The largest absolute Gasteiger partial charge is 0.339 e. The van der Waals surface area contributed by atoms with Gasteiger partial charge in [-0.25, -0.2) is 8.42 Å². The van der Waals surface area contributed by atoms with E-state index in [1.807, 2.05) is 48.5 Å². The van der Waals surface area contributed by atoms with Gasteiger partial charge < -0.3 is 4.57 Å². The lowest BCUT2D eigenvalue weighted by Gasteiger charge is -2.33. The quantitative estimate of drug-likeness (QED) is 0.642. The maximum absolute atomic E-state index is 12.8. The first-order valence-corrected chi connectivity index (χ1v) is 11.0. The summed E-state index contributed by atoms with van der Waals surface area (Å²) in [6.45, 7) is 4.08. The van der Waals surface area contributed by atoms with Gasteiger partial charge in [0.15, 0.2) is 5.43 Å². The summed E-state index contributed by atoms with van der Waals surface area (Å²) in [4.78, 5) is 15.1. The van der Waals surface area contributed by atoms with E-state index in [2.05, 4.69) is 9.47 Å². The molecule has 1 saturated heterocycles. The van der Waals surface area contributed by atoms with Gasteiger partial charge in [0.1, 0.15) is 0 Å². The van der Waals surface area contributed by atoms with Crippen molar-refractivity contribution < 1.29 is 8.42 Å². The molecule has 2 heterocycles. The summed E-state index contributed by atoms with van der Waals surface area (Å²) in [6, 6.07) is 15.4. The van der Waals surface area contributed by atoms with Gasteiger partial charge in [-0.1, -0.05) is 24.3 Å². The minimum atomic E-state index is -3.11. The second kappa shape index (κ2) is 7.07. The van der Waals surface area contributed by atoms with Crippen molar-refractivity contribution in [3.8, 4) is 0 Å². The number of aromatic nitrogens is 1. The minimum absolute atomic E-state index is 0.0687. The highest BCUT2D eigenvalue weighted by molar-refractivity contribution is 7.88. The minimum Gasteiger partial charge on any atom is -0.339 e. The predicted molar refractivity (Wildman–Crippen MR) is 109 cm³/mol. The van der Waals surface area contributed by atoms with Crippen molar-refractivity contribution in [2.75, 3.05) is 39.0 Å². The van der Waals surface area contributed by atoms with Gasteiger partial charge in [-0.3, -0.25) is 9.69 Å². The molecule has 1 aliphatic heterocycles. The van der Waals surface area contributed by atoms with Crippen molar-refractivity contribution in [2.45, 2.75) is 6.54 Å². The normalized spacial score (nSPS) is 16.9. The van der Waals surface area contributed by atoms with Crippen molar-refractivity contribution >= 4 is 31.8 Å². The molecule has 6 nitrogen and oxygen atoms in total. The Labute approximate surface area is 158 Å². The van der Waals surface area contributed by atoms with Gasteiger partial charge in [0.2, 0.25) is 10.0 Å². The Morgan fingerprint density at radius 3 is 1.85 bits per heavy atom. The number of nitrogens with zero attached hydrogens (tertiary/aromatic N) is 3. The fourth-order valence-electron chi connectivity index (χ4n) is 3.84. The Hall–Kier alpha value is -2.22. The van der Waals surface area contributed by atoms with Crippen LogP contribution >= 0.6 is 0 Å². The van der Waals surface area contributed by atoms with Crippen LogP contribution in [0.1, 0.15) is 0 Å². The van der Waals surface area contributed by atoms with Gasteiger partial charge in [0.25, 0.3) is 0 Å². The van der Waals surface area contributed by atoms with Crippen LogP contribution in [0.5, 0.6) is 0 Å². The first-order chi connectivity index (χ1) is 12.9. The van der Waals surface area contributed by atoms with Gasteiger partial charge in [0, 0.05) is 50.0 Å². The van der Waals surface area contributed by atoms with Crippen LogP contribution in [0.15, 0.2) is 53.3 Å². The van der Waals surface area contributed by atoms with E-state index in [0.717, 1.165) is 48.0 Å². The number of benzene rings is 2. The summed E-state index contributed by atoms with van der Waals surface area (Å²) in [5.74, 6) is 0. The Kier molecular flexibility index (Phi) is 4.75. The molecule has 0 aliphatic carbocycles. The molecule has 27 heavy (non-hydrogen) atoms. The molecule has 7 heteroatoms. The van der Waals surface area contributed by atoms with Gasteiger partial charge in [-0.15, -0.1) is 0 Å². The highest BCUT2D eigenvalue weighted by atomic mass is 32.2. The number of rotatable bonds is 4. The van der Waals surface area contributed by atoms with Crippen molar-refractivity contribution in [2.24, 2.45) is 0 Å². The monoisotopic (exact) mass is 385 g/mol. The van der Waals surface area contributed by atoms with E-state index < -0.39 is 10.0 Å². The number of sulfonamides is 1. The van der Waals surface area contributed by atoms with Crippen LogP contribution < -0.4 is 5.43 Å². The van der Waals surface area contributed by atoms with Crippen LogP contribution in [0.25, 0.3) is 21.8 Å².